The Morgan fingerprint density at radius 3 is 2.52 bits per heavy atom. The van der Waals surface area contributed by atoms with E-state index in [0.717, 1.165) is 0 Å². The van der Waals surface area contributed by atoms with Gasteiger partial charge in [0, 0.05) is 34.2 Å². The zero-order valence-corrected chi connectivity index (χ0v) is 14.3. The van der Waals surface area contributed by atoms with Crippen molar-refractivity contribution in [1.29, 1.82) is 0 Å². The van der Waals surface area contributed by atoms with E-state index in [4.69, 9.17) is 23.2 Å². The number of rotatable bonds is 5. The van der Waals surface area contributed by atoms with E-state index in [-0.39, 0.29) is 17.3 Å². The molecule has 1 atom stereocenters. The summed E-state index contributed by atoms with van der Waals surface area (Å²) in [5, 5.41) is 26.3. The largest absolute Gasteiger partial charge is 0.387 e. The fraction of sp³-hybridized carbons (Fsp3) is 0.118. The van der Waals surface area contributed by atoms with E-state index in [9.17, 15) is 15.2 Å². The van der Waals surface area contributed by atoms with Crippen LogP contribution in [0.15, 0.2) is 48.7 Å². The highest BCUT2D eigenvalue weighted by Crippen LogP contribution is 2.33. The number of anilines is 1. The first-order chi connectivity index (χ1) is 12.0. The molecule has 2 N–H and O–H groups in total. The summed E-state index contributed by atoms with van der Waals surface area (Å²) in [5.41, 5.74) is 0.604. The molecule has 1 unspecified atom stereocenters. The van der Waals surface area contributed by atoms with Gasteiger partial charge in [-0.3, -0.25) is 10.1 Å². The lowest BCUT2D eigenvalue weighted by atomic mass is 10.1. The number of nitrogens with zero attached hydrogens (tertiary/aromatic N) is 2. The van der Waals surface area contributed by atoms with E-state index in [1.54, 1.807) is 36.4 Å². The predicted molar refractivity (Wildman–Crippen MR) is 98.3 cm³/mol. The van der Waals surface area contributed by atoms with Crippen LogP contribution in [0.1, 0.15) is 11.7 Å². The Hall–Kier alpha value is -2.41. The molecule has 1 heterocycles. The monoisotopic (exact) mass is 377 g/mol. The number of non-ortho nitro benzene ring substituents is 1. The molecule has 6 nitrogen and oxygen atoms in total. The van der Waals surface area contributed by atoms with Crippen molar-refractivity contribution in [3.05, 3.63) is 74.4 Å². The molecular formula is C17H13Cl2N3O3. The molecule has 0 saturated heterocycles. The van der Waals surface area contributed by atoms with Crippen LogP contribution in [0.2, 0.25) is 10.0 Å². The fourth-order valence-corrected chi connectivity index (χ4v) is 2.86. The van der Waals surface area contributed by atoms with Crippen molar-refractivity contribution in [2.45, 2.75) is 6.10 Å². The second kappa shape index (κ2) is 7.23. The topological polar surface area (TPSA) is 88.3 Å². The van der Waals surface area contributed by atoms with Crippen LogP contribution >= 0.6 is 23.2 Å². The van der Waals surface area contributed by atoms with Gasteiger partial charge in [-0.05, 0) is 29.8 Å². The number of aliphatic hydroxyl groups excluding tert-OH is 1. The molecule has 3 aromatic rings. The van der Waals surface area contributed by atoms with Crippen molar-refractivity contribution in [1.82, 2.24) is 4.98 Å². The Labute approximate surface area is 153 Å². The molecule has 0 aliphatic rings. The van der Waals surface area contributed by atoms with Crippen LogP contribution in [0.5, 0.6) is 0 Å². The third kappa shape index (κ3) is 3.82. The van der Waals surface area contributed by atoms with E-state index in [1.807, 2.05) is 0 Å². The smallest absolute Gasteiger partial charge is 0.278 e. The number of nitro groups is 1. The summed E-state index contributed by atoms with van der Waals surface area (Å²) in [6.07, 6.45) is 0.684. The fourth-order valence-electron chi connectivity index (χ4n) is 2.52. The van der Waals surface area contributed by atoms with Crippen molar-refractivity contribution in [2.75, 3.05) is 11.9 Å². The maximum Gasteiger partial charge on any atom is 0.278 e. The maximum atomic E-state index is 11.2. The zero-order valence-electron chi connectivity index (χ0n) is 12.8. The number of fused-ring (bicyclic) bond motifs is 1. The number of hydrogen-bond acceptors (Lipinski definition) is 5. The summed E-state index contributed by atoms with van der Waals surface area (Å²) >= 11 is 11.8. The van der Waals surface area contributed by atoms with Crippen molar-refractivity contribution < 1.29 is 10.0 Å². The molecular weight excluding hydrogens is 365 g/mol. The average molecular weight is 378 g/mol. The number of aromatic nitrogens is 1. The van der Waals surface area contributed by atoms with Crippen LogP contribution in [-0.4, -0.2) is 21.6 Å². The predicted octanol–water partition coefficient (Wildman–Crippen LogP) is 4.60. The van der Waals surface area contributed by atoms with Crippen LogP contribution in [0.4, 0.5) is 11.5 Å². The van der Waals surface area contributed by atoms with Gasteiger partial charge in [0.1, 0.15) is 5.82 Å². The van der Waals surface area contributed by atoms with Gasteiger partial charge in [-0.25, -0.2) is 4.98 Å². The molecule has 0 fully saturated rings. The lowest BCUT2D eigenvalue weighted by molar-refractivity contribution is -0.383. The summed E-state index contributed by atoms with van der Waals surface area (Å²) in [7, 11) is 0. The molecule has 25 heavy (non-hydrogen) atoms. The first-order valence-electron chi connectivity index (χ1n) is 7.36. The first-order valence-corrected chi connectivity index (χ1v) is 8.11. The van der Waals surface area contributed by atoms with E-state index in [0.29, 0.717) is 27.2 Å². The van der Waals surface area contributed by atoms with Crippen molar-refractivity contribution in [3.63, 3.8) is 0 Å². The number of benzene rings is 2. The van der Waals surface area contributed by atoms with E-state index in [1.165, 1.54) is 12.3 Å². The number of hydrogen-bond donors (Lipinski definition) is 2. The van der Waals surface area contributed by atoms with Crippen LogP contribution in [-0.2, 0) is 0 Å². The van der Waals surface area contributed by atoms with Gasteiger partial charge in [-0.2, -0.15) is 0 Å². The standard InChI is InChI=1S/C17H13Cl2N3O3/c18-11-3-1-10(2-4-11)16(23)9-21-17-14-7-12(19)8-15(22(24)25)13(14)5-6-20-17/h1-8,16,23H,9H2,(H,20,21). The molecule has 0 amide bonds. The maximum absolute atomic E-state index is 11.2. The van der Waals surface area contributed by atoms with E-state index < -0.39 is 11.0 Å². The Balaban J connectivity index is 1.89. The quantitative estimate of drug-likeness (QED) is 0.501. The van der Waals surface area contributed by atoms with E-state index >= 15 is 0 Å². The van der Waals surface area contributed by atoms with Crippen LogP contribution < -0.4 is 5.32 Å². The Kier molecular flexibility index (Phi) is 5.03. The average Bonchev–Trinajstić information content (AvgIpc) is 2.59. The third-order valence-electron chi connectivity index (χ3n) is 3.74. The van der Waals surface area contributed by atoms with Crippen LogP contribution in [0, 0.1) is 10.1 Å². The number of nitro benzene ring substituents is 1. The molecule has 1 aromatic heterocycles. The molecule has 2 aromatic carbocycles. The molecule has 0 radical (unpaired) electrons. The normalized spacial score (nSPS) is 12.1. The highest BCUT2D eigenvalue weighted by Gasteiger charge is 2.16. The SMILES string of the molecule is O=[N+]([O-])c1cc(Cl)cc2c(NCC(O)c3ccc(Cl)cc3)nccc12. The molecule has 0 spiro atoms. The van der Waals surface area contributed by atoms with Gasteiger partial charge >= 0.3 is 0 Å². The molecule has 0 bridgehead atoms. The molecule has 0 aliphatic carbocycles. The summed E-state index contributed by atoms with van der Waals surface area (Å²) in [6, 6.07) is 11.3. The molecule has 128 valence electrons. The van der Waals surface area contributed by atoms with Crippen molar-refractivity contribution >= 4 is 45.5 Å². The molecule has 0 saturated carbocycles. The van der Waals surface area contributed by atoms with E-state index in [2.05, 4.69) is 10.3 Å². The Morgan fingerprint density at radius 2 is 1.84 bits per heavy atom. The number of halogens is 2. The molecule has 0 aliphatic heterocycles. The minimum absolute atomic E-state index is 0.0915. The molecule has 3 rings (SSSR count). The summed E-state index contributed by atoms with van der Waals surface area (Å²) in [4.78, 5) is 14.9. The molecule has 8 heteroatoms. The number of aliphatic hydroxyl groups is 1. The summed E-state index contributed by atoms with van der Waals surface area (Å²) < 4.78 is 0. The number of pyridine rings is 1. The first kappa shape index (κ1) is 17.4. The van der Waals surface area contributed by atoms with Gasteiger partial charge in [0.15, 0.2) is 0 Å². The third-order valence-corrected chi connectivity index (χ3v) is 4.21. The second-order valence-corrected chi connectivity index (χ2v) is 6.26. The lowest BCUT2D eigenvalue weighted by Crippen LogP contribution is -2.13. The van der Waals surface area contributed by atoms with Gasteiger partial charge in [-0.1, -0.05) is 35.3 Å². The lowest BCUT2D eigenvalue weighted by Gasteiger charge is -2.14. The number of nitrogens with one attached hydrogen (secondary N) is 1. The minimum Gasteiger partial charge on any atom is -0.387 e. The van der Waals surface area contributed by atoms with Gasteiger partial charge in [0.25, 0.3) is 5.69 Å². The zero-order chi connectivity index (χ0) is 18.0. The van der Waals surface area contributed by atoms with Crippen molar-refractivity contribution in [2.24, 2.45) is 0 Å². The second-order valence-electron chi connectivity index (χ2n) is 5.38. The minimum atomic E-state index is -0.788. The Bertz CT molecular complexity index is 932. The van der Waals surface area contributed by atoms with Crippen LogP contribution in [0.3, 0.4) is 0 Å². The van der Waals surface area contributed by atoms with Crippen LogP contribution in [0.25, 0.3) is 10.8 Å². The van der Waals surface area contributed by atoms with Crippen molar-refractivity contribution in [3.8, 4) is 0 Å². The summed E-state index contributed by atoms with van der Waals surface area (Å²) in [5.74, 6) is 0.413. The summed E-state index contributed by atoms with van der Waals surface area (Å²) in [6.45, 7) is 0.175. The highest BCUT2D eigenvalue weighted by molar-refractivity contribution is 6.32. The highest BCUT2D eigenvalue weighted by atomic mass is 35.5. The van der Waals surface area contributed by atoms with Gasteiger partial charge in [0.2, 0.25) is 0 Å². The van der Waals surface area contributed by atoms with Gasteiger partial charge < -0.3 is 10.4 Å². The Morgan fingerprint density at radius 1 is 1.12 bits per heavy atom. The van der Waals surface area contributed by atoms with Gasteiger partial charge in [0.05, 0.1) is 16.4 Å². The van der Waals surface area contributed by atoms with Gasteiger partial charge in [-0.15, -0.1) is 0 Å².